The van der Waals surface area contributed by atoms with Gasteiger partial charge < -0.3 is 19.3 Å². The van der Waals surface area contributed by atoms with E-state index in [-0.39, 0.29) is 18.4 Å². The average molecular weight is 419 g/mol. The van der Waals surface area contributed by atoms with Gasteiger partial charge in [-0.25, -0.2) is 9.18 Å². The van der Waals surface area contributed by atoms with E-state index in [1.165, 1.54) is 17.0 Å². The number of nitrogens with zero attached hydrogens (tertiary/aromatic N) is 2. The molecule has 0 aliphatic carbocycles. The van der Waals surface area contributed by atoms with Crippen LogP contribution in [0, 0.1) is 5.82 Å². The normalized spacial score (nSPS) is 20.4. The molecule has 1 saturated heterocycles. The second kappa shape index (κ2) is 7.18. The quantitative estimate of drug-likeness (QED) is 0.596. The zero-order valence-corrected chi connectivity index (χ0v) is 17.4. The lowest BCUT2D eigenvalue weighted by molar-refractivity contribution is -0.00880. The monoisotopic (exact) mass is 418 g/mol. The third-order valence-electron chi connectivity index (χ3n) is 5.26. The van der Waals surface area contributed by atoms with Crippen LogP contribution in [0.4, 0.5) is 9.18 Å². The number of aliphatic hydroxyl groups is 1. The summed E-state index contributed by atoms with van der Waals surface area (Å²) in [7, 11) is 0. The van der Waals surface area contributed by atoms with E-state index >= 15 is 0 Å². The predicted octanol–water partition coefficient (Wildman–Crippen LogP) is 5.13. The molecule has 1 N–H and O–H groups in total. The van der Waals surface area contributed by atoms with E-state index < -0.39 is 17.8 Å². The first-order chi connectivity index (χ1) is 13.6. The van der Waals surface area contributed by atoms with Crippen LogP contribution in [0.25, 0.3) is 21.8 Å². The Balaban J connectivity index is 1.71. The van der Waals surface area contributed by atoms with Crippen LogP contribution < -0.4 is 0 Å². The number of piperidine rings is 1. The van der Waals surface area contributed by atoms with Gasteiger partial charge in [0.15, 0.2) is 0 Å². The highest BCUT2D eigenvalue weighted by Crippen LogP contribution is 2.37. The Kier molecular flexibility index (Phi) is 4.95. The number of aromatic nitrogens is 1. The van der Waals surface area contributed by atoms with E-state index in [0.29, 0.717) is 18.0 Å². The molecule has 2 heterocycles. The maximum absolute atomic E-state index is 13.9. The van der Waals surface area contributed by atoms with Crippen LogP contribution in [0.15, 0.2) is 36.4 Å². The molecular formula is C22H24ClFN2O3. The van der Waals surface area contributed by atoms with Crippen molar-refractivity contribution in [3.63, 3.8) is 0 Å². The Morgan fingerprint density at radius 1 is 1.17 bits per heavy atom. The number of likely N-dealkylation sites (tertiary alicyclic amines) is 1. The summed E-state index contributed by atoms with van der Waals surface area (Å²) in [6.07, 6.45) is -0.652. The van der Waals surface area contributed by atoms with Crippen LogP contribution in [-0.2, 0) is 4.74 Å². The highest BCUT2D eigenvalue weighted by Gasteiger charge is 2.34. The Bertz CT molecular complexity index is 1030. The van der Waals surface area contributed by atoms with Crippen molar-refractivity contribution in [1.82, 2.24) is 9.47 Å². The molecule has 1 aliphatic heterocycles. The van der Waals surface area contributed by atoms with E-state index in [1.54, 1.807) is 12.1 Å². The number of aliphatic hydroxyl groups excluding tert-OH is 1. The van der Waals surface area contributed by atoms with E-state index in [2.05, 4.69) is 0 Å². The molecule has 4 rings (SSSR count). The number of rotatable bonds is 1. The van der Waals surface area contributed by atoms with Gasteiger partial charge in [-0.2, -0.15) is 0 Å². The first kappa shape index (κ1) is 20.0. The summed E-state index contributed by atoms with van der Waals surface area (Å²) >= 11 is 6.18. The molecule has 1 amide bonds. The van der Waals surface area contributed by atoms with Gasteiger partial charge in [-0.3, -0.25) is 0 Å². The second-order valence-electron chi connectivity index (χ2n) is 8.54. The third kappa shape index (κ3) is 3.79. The van der Waals surface area contributed by atoms with Crippen LogP contribution in [-0.4, -0.2) is 45.5 Å². The van der Waals surface area contributed by atoms with E-state index in [1.807, 2.05) is 37.5 Å². The highest BCUT2D eigenvalue weighted by molar-refractivity contribution is 6.31. The Morgan fingerprint density at radius 2 is 1.83 bits per heavy atom. The minimum Gasteiger partial charge on any atom is -0.444 e. The molecule has 154 valence electrons. The predicted molar refractivity (Wildman–Crippen MR) is 112 cm³/mol. The third-order valence-corrected chi connectivity index (χ3v) is 5.49. The van der Waals surface area contributed by atoms with Gasteiger partial charge in [-0.15, -0.1) is 0 Å². The summed E-state index contributed by atoms with van der Waals surface area (Å²) in [5.41, 5.74) is 1.12. The van der Waals surface area contributed by atoms with Crippen LogP contribution >= 0.6 is 11.6 Å². The van der Waals surface area contributed by atoms with Gasteiger partial charge in [0.2, 0.25) is 0 Å². The number of hydrogen-bond donors (Lipinski definition) is 1. The standard InChI is InChI=1S/C22H24ClFN2O3/c1-22(2,3)29-21(28)25-9-8-19(20(27)12-25)26-17-6-4-13(23)10-15(17)16-11-14(24)5-7-18(16)26/h4-7,10-11,19-20,27H,8-9,12H2,1-3H3/t19-,20-/m1/s1. The molecule has 7 heteroatoms. The Hall–Kier alpha value is -2.31. The van der Waals surface area contributed by atoms with E-state index in [0.717, 1.165) is 21.8 Å². The fourth-order valence-corrected chi connectivity index (χ4v) is 4.24. The lowest BCUT2D eigenvalue weighted by Crippen LogP contribution is -2.48. The van der Waals surface area contributed by atoms with Gasteiger partial charge in [0.1, 0.15) is 11.4 Å². The molecule has 0 unspecified atom stereocenters. The Morgan fingerprint density at radius 3 is 2.48 bits per heavy atom. The summed E-state index contributed by atoms with van der Waals surface area (Å²) in [5, 5.41) is 13.1. The first-order valence-electron chi connectivity index (χ1n) is 9.69. The second-order valence-corrected chi connectivity index (χ2v) is 8.98. The molecule has 0 radical (unpaired) electrons. The number of ether oxygens (including phenoxy) is 1. The van der Waals surface area contributed by atoms with Crippen molar-refractivity contribution in [1.29, 1.82) is 0 Å². The fourth-order valence-electron chi connectivity index (χ4n) is 4.07. The SMILES string of the molecule is CC(C)(C)OC(=O)N1CC[C@@H](n2c3ccc(F)cc3c3cc(Cl)ccc32)[C@H](O)C1. The molecule has 2 atom stereocenters. The number of amides is 1. The highest BCUT2D eigenvalue weighted by atomic mass is 35.5. The summed E-state index contributed by atoms with van der Waals surface area (Å²) in [6, 6.07) is 9.89. The van der Waals surface area contributed by atoms with Crippen molar-refractivity contribution >= 4 is 39.5 Å². The van der Waals surface area contributed by atoms with Crippen molar-refractivity contribution < 1.29 is 19.0 Å². The molecule has 3 aromatic rings. The minimum atomic E-state index is -0.782. The number of benzene rings is 2. The summed E-state index contributed by atoms with van der Waals surface area (Å²) < 4.78 is 21.4. The number of carbonyl (C=O) groups is 1. The van der Waals surface area contributed by atoms with Crippen LogP contribution in [0.5, 0.6) is 0 Å². The van der Waals surface area contributed by atoms with E-state index in [9.17, 15) is 14.3 Å². The number of halogens is 2. The maximum atomic E-state index is 13.9. The zero-order chi connectivity index (χ0) is 20.9. The Labute approximate surface area is 173 Å². The average Bonchev–Trinajstić information content (AvgIpc) is 2.93. The van der Waals surface area contributed by atoms with Gasteiger partial charge in [-0.1, -0.05) is 11.6 Å². The smallest absolute Gasteiger partial charge is 0.410 e. The maximum Gasteiger partial charge on any atom is 0.410 e. The molecule has 1 aromatic heterocycles. The van der Waals surface area contributed by atoms with Crippen molar-refractivity contribution in [2.24, 2.45) is 0 Å². The number of β-amino-alcohol motifs (C(OH)–C–C–N with tert-alkyl or cyclic N) is 1. The number of fused-ring (bicyclic) bond motifs is 3. The fraction of sp³-hybridized carbons (Fsp3) is 0.409. The summed E-state index contributed by atoms with van der Waals surface area (Å²) in [5.74, 6) is -0.322. The summed E-state index contributed by atoms with van der Waals surface area (Å²) in [4.78, 5) is 13.9. The molecule has 0 spiro atoms. The first-order valence-corrected chi connectivity index (χ1v) is 10.1. The zero-order valence-electron chi connectivity index (χ0n) is 16.7. The molecule has 0 saturated carbocycles. The van der Waals surface area contributed by atoms with Crippen LogP contribution in [0.3, 0.4) is 0 Å². The van der Waals surface area contributed by atoms with Crippen molar-refractivity contribution in [3.05, 3.63) is 47.2 Å². The largest absolute Gasteiger partial charge is 0.444 e. The van der Waals surface area contributed by atoms with Gasteiger partial charge in [0.25, 0.3) is 0 Å². The van der Waals surface area contributed by atoms with Gasteiger partial charge in [0.05, 0.1) is 18.7 Å². The van der Waals surface area contributed by atoms with Crippen LogP contribution in [0.2, 0.25) is 5.02 Å². The number of hydrogen-bond acceptors (Lipinski definition) is 3. The molecule has 5 nitrogen and oxygen atoms in total. The minimum absolute atomic E-state index is 0.176. The summed E-state index contributed by atoms with van der Waals surface area (Å²) in [6.45, 7) is 6.09. The molecule has 1 fully saturated rings. The molecular weight excluding hydrogens is 395 g/mol. The van der Waals surface area contributed by atoms with Crippen molar-refractivity contribution in [3.8, 4) is 0 Å². The molecule has 1 aliphatic rings. The molecule has 2 aromatic carbocycles. The van der Waals surface area contributed by atoms with Gasteiger partial charge >= 0.3 is 6.09 Å². The van der Waals surface area contributed by atoms with Crippen LogP contribution in [0.1, 0.15) is 33.2 Å². The van der Waals surface area contributed by atoms with Crippen molar-refractivity contribution in [2.45, 2.75) is 44.9 Å². The molecule has 29 heavy (non-hydrogen) atoms. The topological polar surface area (TPSA) is 54.7 Å². The van der Waals surface area contributed by atoms with Gasteiger partial charge in [-0.05, 0) is 63.6 Å². The van der Waals surface area contributed by atoms with Gasteiger partial charge in [0, 0.05) is 33.4 Å². The number of carbonyl (C=O) groups excluding carboxylic acids is 1. The lowest BCUT2D eigenvalue weighted by atomic mass is 10.0. The van der Waals surface area contributed by atoms with Crippen molar-refractivity contribution in [2.75, 3.05) is 13.1 Å². The van der Waals surface area contributed by atoms with E-state index in [4.69, 9.17) is 16.3 Å². The lowest BCUT2D eigenvalue weighted by Gasteiger charge is -2.37. The molecule has 0 bridgehead atoms.